The van der Waals surface area contributed by atoms with Crippen LogP contribution in [-0.2, 0) is 6.42 Å². The van der Waals surface area contributed by atoms with E-state index in [9.17, 15) is 23.1 Å². The van der Waals surface area contributed by atoms with Crippen LogP contribution in [0.3, 0.4) is 0 Å². The van der Waals surface area contributed by atoms with Crippen molar-refractivity contribution in [2.75, 3.05) is 31.1 Å². The average Bonchev–Trinajstić information content (AvgIpc) is 3.04. The summed E-state index contributed by atoms with van der Waals surface area (Å²) in [7, 11) is 0. The van der Waals surface area contributed by atoms with E-state index in [4.69, 9.17) is 9.47 Å². The number of carbonyl (C=O) groups is 1. The third-order valence-electron chi connectivity index (χ3n) is 9.12. The topological polar surface area (TPSA) is 113 Å². The minimum Gasteiger partial charge on any atom is -0.490 e. The third-order valence-corrected chi connectivity index (χ3v) is 9.12. The third kappa shape index (κ3) is 7.30. The number of hydrogen-bond acceptors (Lipinski definition) is 9. The predicted molar refractivity (Wildman–Crippen MR) is 169 cm³/mol. The summed E-state index contributed by atoms with van der Waals surface area (Å²) >= 11 is 0. The number of aromatic nitrogens is 3. The zero-order valence-corrected chi connectivity index (χ0v) is 26.7. The van der Waals surface area contributed by atoms with Gasteiger partial charge in [0.05, 0.1) is 17.5 Å². The maximum absolute atomic E-state index is 14.5. The number of alkyl halides is 2. The molecule has 1 aliphatic carbocycles. The number of benzene rings is 1. The second-order valence-corrected chi connectivity index (χ2v) is 12.8. The van der Waals surface area contributed by atoms with Crippen LogP contribution in [0.15, 0.2) is 43.0 Å². The van der Waals surface area contributed by atoms with E-state index >= 15 is 0 Å². The zero-order chi connectivity index (χ0) is 33.1. The van der Waals surface area contributed by atoms with Crippen molar-refractivity contribution in [1.29, 1.82) is 0 Å². The minimum atomic E-state index is -2.81. The van der Waals surface area contributed by atoms with Gasteiger partial charge in [-0.05, 0) is 51.0 Å². The first kappa shape index (κ1) is 33.0. The van der Waals surface area contributed by atoms with E-state index in [1.54, 1.807) is 20.0 Å². The first-order valence-corrected chi connectivity index (χ1v) is 16.3. The number of halogens is 3. The van der Waals surface area contributed by atoms with Crippen molar-refractivity contribution in [1.82, 2.24) is 25.2 Å². The number of aliphatic hydroxyl groups is 1. The van der Waals surface area contributed by atoms with Gasteiger partial charge in [0.15, 0.2) is 11.6 Å². The van der Waals surface area contributed by atoms with Gasteiger partial charge in [0.2, 0.25) is 0 Å². The number of amides is 1. The molecule has 1 amide bonds. The van der Waals surface area contributed by atoms with Gasteiger partial charge in [-0.3, -0.25) is 9.78 Å². The van der Waals surface area contributed by atoms with Crippen LogP contribution in [0.1, 0.15) is 80.0 Å². The van der Waals surface area contributed by atoms with Crippen molar-refractivity contribution < 1.29 is 32.5 Å². The Labute approximate surface area is 272 Å². The molecule has 4 heterocycles. The standard InChI is InChI=1S/C34H41F3N6O4/c1-21(2)43(23-17-34(36,37)18-23)33(45)25-16-22(35)5-6-28(25)47-30-19-38-20-41-32(30)42-13-9-24(10-14-42)46-29-8-12-40-27-7-11-39-26(31(27)29)4-3-15-44/h5-6,8,12,16,19-21,23-24,26,39,44H,3-4,7,9-11,13-15,17-18H2,1-2H3/t26-/m0/s1. The molecule has 2 N–H and O–H groups in total. The molecular weight excluding hydrogens is 613 g/mol. The number of fused-ring (bicyclic) bond motifs is 1. The molecule has 0 spiro atoms. The number of pyridine rings is 1. The normalized spacial score (nSPS) is 19.6. The quantitative estimate of drug-likeness (QED) is 0.279. The van der Waals surface area contributed by atoms with Gasteiger partial charge in [-0.25, -0.2) is 23.1 Å². The number of piperidine rings is 1. The lowest BCUT2D eigenvalue weighted by atomic mass is 9.85. The van der Waals surface area contributed by atoms with Crippen LogP contribution >= 0.6 is 0 Å². The molecule has 47 heavy (non-hydrogen) atoms. The summed E-state index contributed by atoms with van der Waals surface area (Å²) in [6, 6.07) is 4.62. The van der Waals surface area contributed by atoms with Gasteiger partial charge in [-0.2, -0.15) is 0 Å². The molecule has 13 heteroatoms. The first-order chi connectivity index (χ1) is 22.6. The van der Waals surface area contributed by atoms with Crippen LogP contribution in [0.5, 0.6) is 17.2 Å². The van der Waals surface area contributed by atoms with E-state index in [1.165, 1.54) is 29.6 Å². The number of nitrogens with zero attached hydrogens (tertiary/aromatic N) is 5. The molecule has 2 fully saturated rings. The first-order valence-electron chi connectivity index (χ1n) is 16.3. The molecule has 0 radical (unpaired) electrons. The Balaban J connectivity index is 1.16. The monoisotopic (exact) mass is 654 g/mol. The van der Waals surface area contributed by atoms with Crippen molar-refractivity contribution >= 4 is 11.7 Å². The van der Waals surface area contributed by atoms with Crippen molar-refractivity contribution in [2.45, 2.75) is 88.9 Å². The van der Waals surface area contributed by atoms with Crippen LogP contribution in [0, 0.1) is 5.82 Å². The van der Waals surface area contributed by atoms with Crippen LogP contribution in [0.4, 0.5) is 19.0 Å². The van der Waals surface area contributed by atoms with Gasteiger partial charge in [0.1, 0.15) is 29.7 Å². The number of rotatable bonds is 11. The summed E-state index contributed by atoms with van der Waals surface area (Å²) in [5.41, 5.74) is 2.06. The van der Waals surface area contributed by atoms with Gasteiger partial charge < -0.3 is 29.7 Å². The maximum atomic E-state index is 14.5. The highest BCUT2D eigenvalue weighted by molar-refractivity contribution is 5.97. The van der Waals surface area contributed by atoms with E-state index in [2.05, 4.69) is 25.2 Å². The Morgan fingerprint density at radius 3 is 2.66 bits per heavy atom. The second-order valence-electron chi connectivity index (χ2n) is 12.8. The highest BCUT2D eigenvalue weighted by atomic mass is 19.3. The molecule has 1 saturated heterocycles. The van der Waals surface area contributed by atoms with E-state index in [0.29, 0.717) is 43.9 Å². The predicted octanol–water partition coefficient (Wildman–Crippen LogP) is 5.46. The Kier molecular flexibility index (Phi) is 9.83. The van der Waals surface area contributed by atoms with Gasteiger partial charge in [-0.1, -0.05) is 0 Å². The Morgan fingerprint density at radius 1 is 1.15 bits per heavy atom. The summed E-state index contributed by atoms with van der Waals surface area (Å²) in [5, 5.41) is 12.9. The second kappa shape index (κ2) is 14.0. The van der Waals surface area contributed by atoms with Crippen molar-refractivity contribution in [2.24, 2.45) is 0 Å². The molecule has 252 valence electrons. The Hall–Kier alpha value is -3.97. The van der Waals surface area contributed by atoms with Crippen LogP contribution in [0.2, 0.25) is 0 Å². The largest absolute Gasteiger partial charge is 0.490 e. The average molecular weight is 655 g/mol. The lowest BCUT2D eigenvalue weighted by Gasteiger charge is -2.44. The van der Waals surface area contributed by atoms with Gasteiger partial charge in [0, 0.05) is 88.2 Å². The van der Waals surface area contributed by atoms with Gasteiger partial charge in [0.25, 0.3) is 11.8 Å². The molecule has 2 aliphatic heterocycles. The van der Waals surface area contributed by atoms with Crippen molar-refractivity contribution in [3.05, 3.63) is 65.6 Å². The SMILES string of the molecule is CC(C)N(C(=O)c1cc(F)ccc1Oc1cncnc1N1CCC(Oc2ccnc3c2[C@H](CCCO)NCC3)CC1)C1CC(F)(F)C1. The number of ether oxygens (including phenoxy) is 2. The fraction of sp³-hybridized carbons (Fsp3) is 0.529. The molecule has 0 bridgehead atoms. The van der Waals surface area contributed by atoms with Crippen LogP contribution < -0.4 is 19.7 Å². The molecule has 1 aromatic carbocycles. The van der Waals surface area contributed by atoms with Crippen molar-refractivity contribution in [3.8, 4) is 17.2 Å². The highest BCUT2D eigenvalue weighted by Crippen LogP contribution is 2.43. The molecule has 2 aromatic heterocycles. The Bertz CT molecular complexity index is 1560. The molecule has 3 aliphatic rings. The fourth-order valence-electron chi connectivity index (χ4n) is 6.83. The van der Waals surface area contributed by atoms with E-state index in [1.807, 2.05) is 6.07 Å². The molecule has 0 unspecified atom stereocenters. The number of nitrogens with one attached hydrogen (secondary N) is 1. The fourth-order valence-corrected chi connectivity index (χ4v) is 6.83. The molecular formula is C34H41F3N6O4. The molecule has 6 rings (SSSR count). The summed E-state index contributed by atoms with van der Waals surface area (Å²) < 4.78 is 54.7. The number of hydrogen-bond donors (Lipinski definition) is 2. The smallest absolute Gasteiger partial charge is 0.258 e. The number of anilines is 1. The lowest BCUT2D eigenvalue weighted by molar-refractivity contribution is -0.120. The van der Waals surface area contributed by atoms with Crippen LogP contribution in [0.25, 0.3) is 0 Å². The molecule has 1 saturated carbocycles. The number of aliphatic hydroxyl groups excluding tert-OH is 1. The van der Waals surface area contributed by atoms with Crippen LogP contribution in [-0.4, -0.2) is 81.2 Å². The number of carbonyl (C=O) groups excluding carboxylic acids is 1. The lowest BCUT2D eigenvalue weighted by Crippen LogP contribution is -2.55. The summed E-state index contributed by atoms with van der Waals surface area (Å²) in [4.78, 5) is 30.3. The van der Waals surface area contributed by atoms with Gasteiger partial charge in [-0.15, -0.1) is 0 Å². The van der Waals surface area contributed by atoms with E-state index in [0.717, 1.165) is 42.5 Å². The molecule has 10 nitrogen and oxygen atoms in total. The Morgan fingerprint density at radius 2 is 1.94 bits per heavy atom. The van der Waals surface area contributed by atoms with E-state index < -0.39 is 36.5 Å². The van der Waals surface area contributed by atoms with Gasteiger partial charge >= 0.3 is 0 Å². The zero-order valence-electron chi connectivity index (χ0n) is 26.7. The summed E-state index contributed by atoms with van der Waals surface area (Å²) in [5.74, 6) is -2.29. The molecule has 1 atom stereocenters. The van der Waals surface area contributed by atoms with E-state index in [-0.39, 0.29) is 36.1 Å². The molecule has 3 aromatic rings. The summed E-state index contributed by atoms with van der Waals surface area (Å²) in [6.07, 6.45) is 7.56. The maximum Gasteiger partial charge on any atom is 0.258 e. The highest BCUT2D eigenvalue weighted by Gasteiger charge is 2.50. The van der Waals surface area contributed by atoms with Crippen molar-refractivity contribution in [3.63, 3.8) is 0 Å². The summed E-state index contributed by atoms with van der Waals surface area (Å²) in [6.45, 7) is 5.70. The minimum absolute atomic E-state index is 0.0356.